The Bertz CT molecular complexity index is 740. The number of aromatic amines is 1. The molecule has 0 radical (unpaired) electrons. The molecule has 2 heterocycles. The van der Waals surface area contributed by atoms with Crippen LogP contribution in [-0.4, -0.2) is 10.2 Å². The van der Waals surface area contributed by atoms with Gasteiger partial charge in [0, 0.05) is 14.8 Å². The molecular formula is C14H11IN4O. The van der Waals surface area contributed by atoms with Gasteiger partial charge in [0.05, 0.1) is 5.92 Å². The molecule has 0 bridgehead atoms. The standard InChI is InChI=1S/C14H11IN4O/c1-7-11-12(8-2-4-9(15)5-3-8)10(6-16)13(17)20-14(11)19-18-7/h2-5,12H,17H2,1H3,(H,18,19). The summed E-state index contributed by atoms with van der Waals surface area (Å²) in [5.74, 6) is 0.331. The Morgan fingerprint density at radius 2 is 2.10 bits per heavy atom. The van der Waals surface area contributed by atoms with Gasteiger partial charge in [-0.15, -0.1) is 5.10 Å². The van der Waals surface area contributed by atoms with Crippen LogP contribution in [0.3, 0.4) is 0 Å². The lowest BCUT2D eigenvalue weighted by molar-refractivity contribution is 0.379. The van der Waals surface area contributed by atoms with Crippen LogP contribution in [-0.2, 0) is 0 Å². The molecule has 1 unspecified atom stereocenters. The van der Waals surface area contributed by atoms with Gasteiger partial charge in [0.15, 0.2) is 0 Å². The topological polar surface area (TPSA) is 87.7 Å². The lowest BCUT2D eigenvalue weighted by atomic mass is 9.84. The number of aryl methyl sites for hydroxylation is 1. The Kier molecular flexibility index (Phi) is 3.14. The van der Waals surface area contributed by atoms with Crippen molar-refractivity contribution in [3.63, 3.8) is 0 Å². The van der Waals surface area contributed by atoms with Crippen molar-refractivity contribution >= 4 is 22.6 Å². The number of ether oxygens (including phenoxy) is 1. The molecule has 0 saturated carbocycles. The van der Waals surface area contributed by atoms with Crippen molar-refractivity contribution in [1.29, 1.82) is 5.26 Å². The Hall–Kier alpha value is -2.01. The quantitative estimate of drug-likeness (QED) is 0.747. The molecule has 1 aromatic heterocycles. The van der Waals surface area contributed by atoms with E-state index in [4.69, 9.17) is 10.5 Å². The second-order valence-electron chi connectivity index (χ2n) is 4.54. The van der Waals surface area contributed by atoms with Crippen LogP contribution < -0.4 is 10.5 Å². The number of allylic oxidation sites excluding steroid dienone is 1. The number of hydrogen-bond donors (Lipinski definition) is 2. The molecule has 1 aromatic carbocycles. The van der Waals surface area contributed by atoms with Crippen LogP contribution in [0.5, 0.6) is 5.88 Å². The summed E-state index contributed by atoms with van der Waals surface area (Å²) in [5, 5.41) is 16.4. The van der Waals surface area contributed by atoms with Crippen LogP contribution >= 0.6 is 22.6 Å². The minimum atomic E-state index is -0.237. The van der Waals surface area contributed by atoms with Crippen molar-refractivity contribution < 1.29 is 4.74 Å². The summed E-state index contributed by atoms with van der Waals surface area (Å²) in [7, 11) is 0. The van der Waals surface area contributed by atoms with E-state index in [9.17, 15) is 5.26 Å². The number of nitrogens with two attached hydrogens (primary N) is 1. The van der Waals surface area contributed by atoms with E-state index < -0.39 is 0 Å². The molecule has 0 aliphatic carbocycles. The van der Waals surface area contributed by atoms with E-state index in [-0.39, 0.29) is 11.8 Å². The predicted octanol–water partition coefficient (Wildman–Crippen LogP) is 2.54. The third-order valence-corrected chi connectivity index (χ3v) is 4.05. The Morgan fingerprint density at radius 3 is 2.75 bits per heavy atom. The van der Waals surface area contributed by atoms with Crippen molar-refractivity contribution in [3.05, 3.63) is 56.1 Å². The highest BCUT2D eigenvalue weighted by Gasteiger charge is 2.33. The van der Waals surface area contributed by atoms with Gasteiger partial charge >= 0.3 is 0 Å². The zero-order chi connectivity index (χ0) is 14.3. The van der Waals surface area contributed by atoms with Gasteiger partial charge in [-0.25, -0.2) is 0 Å². The molecule has 2 aromatic rings. The third kappa shape index (κ3) is 1.94. The van der Waals surface area contributed by atoms with Gasteiger partial charge in [-0.05, 0) is 47.2 Å². The first-order chi connectivity index (χ1) is 9.61. The van der Waals surface area contributed by atoms with E-state index in [1.807, 2.05) is 31.2 Å². The van der Waals surface area contributed by atoms with E-state index in [1.54, 1.807) is 0 Å². The van der Waals surface area contributed by atoms with Crippen molar-refractivity contribution in [2.45, 2.75) is 12.8 Å². The number of rotatable bonds is 1. The van der Waals surface area contributed by atoms with Crippen molar-refractivity contribution in [2.75, 3.05) is 0 Å². The molecular weight excluding hydrogens is 367 g/mol. The summed E-state index contributed by atoms with van der Waals surface area (Å²) in [6.07, 6.45) is 0. The van der Waals surface area contributed by atoms with Gasteiger partial charge < -0.3 is 10.5 Å². The molecule has 1 aliphatic heterocycles. The summed E-state index contributed by atoms with van der Waals surface area (Å²) in [5.41, 5.74) is 9.02. The number of nitrogens with zero attached hydrogens (tertiary/aromatic N) is 2. The average molecular weight is 378 g/mol. The fraction of sp³-hybridized carbons (Fsp3) is 0.143. The van der Waals surface area contributed by atoms with Gasteiger partial charge in [0.2, 0.25) is 11.8 Å². The second-order valence-corrected chi connectivity index (χ2v) is 5.79. The van der Waals surface area contributed by atoms with Crippen LogP contribution in [0.2, 0.25) is 0 Å². The molecule has 0 saturated heterocycles. The van der Waals surface area contributed by atoms with Gasteiger partial charge in [-0.1, -0.05) is 12.1 Å². The van der Waals surface area contributed by atoms with E-state index in [0.29, 0.717) is 11.5 Å². The summed E-state index contributed by atoms with van der Waals surface area (Å²) in [4.78, 5) is 0. The maximum absolute atomic E-state index is 9.40. The lowest BCUT2D eigenvalue weighted by Gasteiger charge is -2.23. The maximum atomic E-state index is 9.40. The monoisotopic (exact) mass is 378 g/mol. The number of aromatic nitrogens is 2. The summed E-state index contributed by atoms with van der Waals surface area (Å²) < 4.78 is 6.56. The van der Waals surface area contributed by atoms with Gasteiger partial charge in [0.25, 0.3) is 0 Å². The van der Waals surface area contributed by atoms with Gasteiger partial charge in [-0.2, -0.15) is 5.26 Å². The van der Waals surface area contributed by atoms with E-state index in [2.05, 4.69) is 38.9 Å². The largest absolute Gasteiger partial charge is 0.420 e. The molecule has 1 aliphatic rings. The Labute approximate surface area is 129 Å². The SMILES string of the molecule is Cc1[nH]nc2c1C(c1ccc(I)cc1)C(C#N)=C(N)O2. The van der Waals surface area contributed by atoms with Crippen LogP contribution in [0.15, 0.2) is 35.7 Å². The molecule has 6 heteroatoms. The zero-order valence-corrected chi connectivity index (χ0v) is 12.8. The predicted molar refractivity (Wildman–Crippen MR) is 81.8 cm³/mol. The summed E-state index contributed by atoms with van der Waals surface area (Å²) in [6, 6.07) is 10.2. The van der Waals surface area contributed by atoms with E-state index >= 15 is 0 Å². The Morgan fingerprint density at radius 1 is 1.40 bits per heavy atom. The molecule has 100 valence electrons. The highest BCUT2D eigenvalue weighted by molar-refractivity contribution is 14.1. The minimum absolute atomic E-state index is 0.120. The third-order valence-electron chi connectivity index (χ3n) is 3.33. The normalized spacial score (nSPS) is 17.4. The average Bonchev–Trinajstić information content (AvgIpc) is 2.79. The fourth-order valence-corrected chi connectivity index (χ4v) is 2.75. The first-order valence-electron chi connectivity index (χ1n) is 5.99. The van der Waals surface area contributed by atoms with Crippen LogP contribution in [0.1, 0.15) is 22.7 Å². The van der Waals surface area contributed by atoms with Crippen molar-refractivity contribution in [3.8, 4) is 11.9 Å². The van der Waals surface area contributed by atoms with Crippen LogP contribution in [0.4, 0.5) is 0 Å². The summed E-state index contributed by atoms with van der Waals surface area (Å²) in [6.45, 7) is 1.91. The number of H-pyrrole nitrogens is 1. The van der Waals surface area contributed by atoms with Gasteiger partial charge in [-0.3, -0.25) is 5.10 Å². The molecule has 3 rings (SSSR count). The molecule has 0 fully saturated rings. The highest BCUT2D eigenvalue weighted by Crippen LogP contribution is 2.42. The van der Waals surface area contributed by atoms with Crippen LogP contribution in [0.25, 0.3) is 0 Å². The molecule has 0 spiro atoms. The fourth-order valence-electron chi connectivity index (χ4n) is 2.39. The molecule has 3 N–H and O–H groups in total. The maximum Gasteiger partial charge on any atom is 0.244 e. The zero-order valence-electron chi connectivity index (χ0n) is 10.6. The molecule has 1 atom stereocenters. The Balaban J connectivity index is 2.22. The molecule has 20 heavy (non-hydrogen) atoms. The van der Waals surface area contributed by atoms with Crippen molar-refractivity contribution in [2.24, 2.45) is 5.73 Å². The highest BCUT2D eigenvalue weighted by atomic mass is 127. The van der Waals surface area contributed by atoms with Gasteiger partial charge in [0.1, 0.15) is 11.6 Å². The smallest absolute Gasteiger partial charge is 0.244 e. The molecule has 0 amide bonds. The van der Waals surface area contributed by atoms with E-state index in [0.717, 1.165) is 20.4 Å². The summed E-state index contributed by atoms with van der Waals surface area (Å²) >= 11 is 2.25. The van der Waals surface area contributed by atoms with E-state index in [1.165, 1.54) is 0 Å². The number of fused-ring (bicyclic) bond motifs is 1. The first kappa shape index (κ1) is 13.0. The lowest BCUT2D eigenvalue weighted by Crippen LogP contribution is -2.21. The number of hydrogen-bond acceptors (Lipinski definition) is 4. The number of halogens is 1. The van der Waals surface area contributed by atoms with Crippen LogP contribution in [0, 0.1) is 21.8 Å². The number of nitrogens with one attached hydrogen (secondary N) is 1. The number of nitriles is 1. The second kappa shape index (κ2) is 4.83. The first-order valence-corrected chi connectivity index (χ1v) is 7.07. The minimum Gasteiger partial charge on any atom is -0.420 e. The van der Waals surface area contributed by atoms with Crippen molar-refractivity contribution in [1.82, 2.24) is 10.2 Å². The molecule has 5 nitrogen and oxygen atoms in total. The number of benzene rings is 1.